The first-order valence-corrected chi connectivity index (χ1v) is 9.41. The summed E-state index contributed by atoms with van der Waals surface area (Å²) in [7, 11) is 0. The lowest BCUT2D eigenvalue weighted by molar-refractivity contribution is -0.137. The van der Waals surface area contributed by atoms with E-state index in [0.717, 1.165) is 60.1 Å². The molecule has 0 aliphatic carbocycles. The van der Waals surface area contributed by atoms with Crippen LogP contribution in [0.1, 0.15) is 30.9 Å². The van der Waals surface area contributed by atoms with Crippen molar-refractivity contribution in [2.75, 3.05) is 17.6 Å². The molecule has 3 rings (SSSR count). The lowest BCUT2D eigenvalue weighted by Gasteiger charge is -2.18. The van der Waals surface area contributed by atoms with Gasteiger partial charge in [-0.15, -0.1) is 0 Å². The molecule has 1 aromatic heterocycles. The summed E-state index contributed by atoms with van der Waals surface area (Å²) in [5.41, 5.74) is 8.83. The first-order chi connectivity index (χ1) is 13.4. The number of pyridine rings is 1. The van der Waals surface area contributed by atoms with Crippen molar-refractivity contribution in [1.82, 2.24) is 4.98 Å². The minimum Gasteiger partial charge on any atom is -0.398 e. The first-order valence-electron chi connectivity index (χ1n) is 9.41. The number of anilines is 2. The van der Waals surface area contributed by atoms with Gasteiger partial charge in [-0.3, -0.25) is 4.98 Å². The predicted octanol–water partition coefficient (Wildman–Crippen LogP) is 5.91. The number of alkyl halides is 3. The van der Waals surface area contributed by atoms with Gasteiger partial charge in [0.15, 0.2) is 0 Å². The molecule has 0 bridgehead atoms. The topological polar surface area (TPSA) is 50.9 Å². The first kappa shape index (κ1) is 20.0. The summed E-state index contributed by atoms with van der Waals surface area (Å²) in [6, 6.07) is 13.1. The third-order valence-corrected chi connectivity index (χ3v) is 4.87. The number of fused-ring (bicyclic) bond motifs is 1. The zero-order chi connectivity index (χ0) is 20.1. The Hall–Kier alpha value is -2.76. The number of nitrogens with two attached hydrogens (primary N) is 1. The fourth-order valence-electron chi connectivity index (χ4n) is 3.39. The van der Waals surface area contributed by atoms with Crippen molar-refractivity contribution >= 4 is 22.3 Å². The van der Waals surface area contributed by atoms with Crippen LogP contribution in [0.15, 0.2) is 54.7 Å². The normalized spacial score (nSPS) is 12.9. The van der Waals surface area contributed by atoms with Crippen LogP contribution in [-0.2, 0) is 12.6 Å². The summed E-state index contributed by atoms with van der Waals surface area (Å²) in [6.07, 6.45) is 0.130. The van der Waals surface area contributed by atoms with Crippen molar-refractivity contribution in [3.05, 3.63) is 65.9 Å². The fourth-order valence-corrected chi connectivity index (χ4v) is 3.39. The Labute approximate surface area is 162 Å². The van der Waals surface area contributed by atoms with E-state index in [-0.39, 0.29) is 0 Å². The summed E-state index contributed by atoms with van der Waals surface area (Å²) in [4.78, 5) is 4.30. The lowest BCUT2D eigenvalue weighted by atomic mass is 9.94. The van der Waals surface area contributed by atoms with E-state index in [1.165, 1.54) is 0 Å². The van der Waals surface area contributed by atoms with E-state index in [1.54, 1.807) is 24.4 Å². The van der Waals surface area contributed by atoms with Crippen molar-refractivity contribution in [3.8, 4) is 0 Å². The Balaban J connectivity index is 1.67. The second kappa shape index (κ2) is 8.50. The zero-order valence-corrected chi connectivity index (χ0v) is 15.8. The number of hydrogen-bond donors (Lipinski definition) is 2. The van der Waals surface area contributed by atoms with Crippen LogP contribution in [-0.4, -0.2) is 11.5 Å². The van der Waals surface area contributed by atoms with Gasteiger partial charge in [0.05, 0.1) is 11.1 Å². The highest BCUT2D eigenvalue weighted by molar-refractivity contribution is 5.92. The van der Waals surface area contributed by atoms with E-state index >= 15 is 0 Å². The second-order valence-electron chi connectivity index (χ2n) is 7.07. The molecule has 28 heavy (non-hydrogen) atoms. The van der Waals surface area contributed by atoms with Crippen LogP contribution in [0.2, 0.25) is 0 Å². The molecular weight excluding hydrogens is 363 g/mol. The van der Waals surface area contributed by atoms with Gasteiger partial charge in [0, 0.05) is 29.5 Å². The molecule has 1 heterocycles. The Kier molecular flexibility index (Phi) is 6.07. The van der Waals surface area contributed by atoms with E-state index in [1.807, 2.05) is 18.2 Å². The predicted molar refractivity (Wildman–Crippen MR) is 108 cm³/mol. The van der Waals surface area contributed by atoms with Crippen LogP contribution in [0, 0.1) is 5.92 Å². The average Bonchev–Trinajstić information content (AvgIpc) is 2.66. The zero-order valence-electron chi connectivity index (χ0n) is 15.8. The van der Waals surface area contributed by atoms with Gasteiger partial charge in [0.2, 0.25) is 0 Å². The van der Waals surface area contributed by atoms with Crippen molar-refractivity contribution in [2.24, 2.45) is 5.92 Å². The molecule has 0 aliphatic rings. The number of aromatic nitrogens is 1. The molecule has 3 aromatic rings. The van der Waals surface area contributed by atoms with Gasteiger partial charge in [0.1, 0.15) is 0 Å². The van der Waals surface area contributed by atoms with Crippen molar-refractivity contribution in [2.45, 2.75) is 32.4 Å². The maximum atomic E-state index is 12.7. The fraction of sp³-hybridized carbons (Fsp3) is 0.318. The molecule has 0 radical (unpaired) electrons. The van der Waals surface area contributed by atoms with E-state index in [9.17, 15) is 13.2 Å². The minimum atomic E-state index is -4.30. The monoisotopic (exact) mass is 387 g/mol. The Morgan fingerprint density at radius 1 is 1.07 bits per heavy atom. The van der Waals surface area contributed by atoms with Crippen molar-refractivity contribution in [3.63, 3.8) is 0 Å². The number of nitrogens with one attached hydrogen (secondary N) is 1. The Morgan fingerprint density at radius 3 is 2.50 bits per heavy atom. The van der Waals surface area contributed by atoms with Gasteiger partial charge in [-0.2, -0.15) is 13.2 Å². The molecule has 1 unspecified atom stereocenters. The Bertz CT molecular complexity index is 920. The van der Waals surface area contributed by atoms with Crippen LogP contribution in [0.4, 0.5) is 24.5 Å². The quantitative estimate of drug-likeness (QED) is 0.530. The van der Waals surface area contributed by atoms with Gasteiger partial charge < -0.3 is 11.1 Å². The van der Waals surface area contributed by atoms with E-state index in [0.29, 0.717) is 11.6 Å². The summed E-state index contributed by atoms with van der Waals surface area (Å²) >= 11 is 0. The SMILES string of the molecule is CCCC(CNc1ccc2nccc(N)c2c1)Cc1ccc(C(F)(F)F)cc1. The summed E-state index contributed by atoms with van der Waals surface area (Å²) in [6.45, 7) is 2.85. The maximum Gasteiger partial charge on any atom is 0.416 e. The van der Waals surface area contributed by atoms with Crippen LogP contribution < -0.4 is 11.1 Å². The third kappa shape index (κ3) is 4.94. The largest absolute Gasteiger partial charge is 0.416 e. The standard InChI is InChI=1S/C22H24F3N3/c1-2-3-16(12-15-4-6-17(7-5-15)22(23,24)25)14-28-18-8-9-21-19(13-18)20(26)10-11-27-21/h4-11,13,16,28H,2-3,12,14H2,1H3,(H2,26,27). The highest BCUT2D eigenvalue weighted by Gasteiger charge is 2.30. The molecule has 1 atom stereocenters. The molecule has 0 aliphatic heterocycles. The second-order valence-corrected chi connectivity index (χ2v) is 7.07. The van der Waals surface area contributed by atoms with E-state index in [2.05, 4.69) is 17.2 Å². The van der Waals surface area contributed by atoms with Crippen molar-refractivity contribution in [1.29, 1.82) is 0 Å². The summed E-state index contributed by atoms with van der Waals surface area (Å²) < 4.78 is 38.2. The molecular formula is C22H24F3N3. The van der Waals surface area contributed by atoms with Gasteiger partial charge in [-0.1, -0.05) is 25.5 Å². The average molecular weight is 387 g/mol. The molecule has 0 fully saturated rings. The van der Waals surface area contributed by atoms with Gasteiger partial charge in [-0.25, -0.2) is 0 Å². The number of benzene rings is 2. The molecule has 0 saturated heterocycles. The number of nitrogens with zero attached hydrogens (tertiary/aromatic N) is 1. The molecule has 0 spiro atoms. The van der Waals surface area contributed by atoms with Crippen LogP contribution in [0.3, 0.4) is 0 Å². The van der Waals surface area contributed by atoms with Gasteiger partial charge in [-0.05, 0) is 60.7 Å². The van der Waals surface area contributed by atoms with Gasteiger partial charge in [0.25, 0.3) is 0 Å². The van der Waals surface area contributed by atoms with E-state index < -0.39 is 11.7 Å². The molecule has 0 saturated carbocycles. The maximum absolute atomic E-state index is 12.7. The van der Waals surface area contributed by atoms with Crippen molar-refractivity contribution < 1.29 is 13.2 Å². The Morgan fingerprint density at radius 2 is 1.82 bits per heavy atom. The highest BCUT2D eigenvalue weighted by atomic mass is 19.4. The van der Waals surface area contributed by atoms with Crippen LogP contribution in [0.25, 0.3) is 10.9 Å². The minimum absolute atomic E-state index is 0.323. The summed E-state index contributed by atoms with van der Waals surface area (Å²) in [5.74, 6) is 0.323. The third-order valence-electron chi connectivity index (χ3n) is 4.87. The van der Waals surface area contributed by atoms with E-state index in [4.69, 9.17) is 5.73 Å². The van der Waals surface area contributed by atoms with Crippen LogP contribution >= 0.6 is 0 Å². The smallest absolute Gasteiger partial charge is 0.398 e. The highest BCUT2D eigenvalue weighted by Crippen LogP contribution is 2.29. The number of halogens is 3. The lowest BCUT2D eigenvalue weighted by Crippen LogP contribution is -2.17. The molecule has 148 valence electrons. The molecule has 2 aromatic carbocycles. The summed E-state index contributed by atoms with van der Waals surface area (Å²) in [5, 5.41) is 4.35. The molecule has 3 nitrogen and oxygen atoms in total. The number of rotatable bonds is 7. The number of hydrogen-bond acceptors (Lipinski definition) is 3. The number of nitrogen functional groups attached to an aromatic ring is 1. The molecule has 0 amide bonds. The van der Waals surface area contributed by atoms with Crippen LogP contribution in [0.5, 0.6) is 0 Å². The molecule has 3 N–H and O–H groups in total. The van der Waals surface area contributed by atoms with Gasteiger partial charge >= 0.3 is 6.18 Å². The molecule has 6 heteroatoms.